The number of carbonyl (C=O) groups excluding carboxylic acids is 2. The molecular weight excluding hydrogens is 352 g/mol. The van der Waals surface area contributed by atoms with E-state index in [1.165, 1.54) is 14.2 Å². The van der Waals surface area contributed by atoms with E-state index in [9.17, 15) is 19.5 Å². The molecule has 1 aliphatic heterocycles. The highest BCUT2D eigenvalue weighted by Crippen LogP contribution is 2.46. The van der Waals surface area contributed by atoms with Gasteiger partial charge in [0.15, 0.2) is 11.5 Å². The Labute approximate surface area is 157 Å². The maximum absolute atomic E-state index is 12.7. The van der Waals surface area contributed by atoms with Gasteiger partial charge in [-0.2, -0.15) is 0 Å². The van der Waals surface area contributed by atoms with Crippen molar-refractivity contribution < 1.29 is 29.0 Å². The molecule has 0 spiro atoms. The molecule has 0 radical (unpaired) electrons. The molecule has 1 heterocycles. The molecule has 1 aromatic carbocycles. The van der Waals surface area contributed by atoms with Crippen molar-refractivity contribution in [1.82, 2.24) is 10.2 Å². The molecule has 0 aromatic heterocycles. The number of aliphatic carboxylic acids is 1. The van der Waals surface area contributed by atoms with Crippen LogP contribution in [-0.4, -0.2) is 61.1 Å². The average molecular weight is 376 g/mol. The van der Waals surface area contributed by atoms with E-state index in [-0.39, 0.29) is 11.9 Å². The van der Waals surface area contributed by atoms with E-state index in [1.54, 1.807) is 23.1 Å². The maximum Gasteiger partial charge on any atom is 0.319 e. The standard InChI is InChI=1S/C19H24N2O6/c1-26-14-4-3-12(11-15(14)27-2)16(22)21-9-5-13(6-10-21)20-17(23)19(7-8-19)18(24)25/h3-4,11,13H,5-10H2,1-2H3,(H,20,23)(H,24,25). The monoisotopic (exact) mass is 376 g/mol. The number of carboxylic acids is 1. The number of benzene rings is 1. The zero-order valence-electron chi connectivity index (χ0n) is 15.5. The molecule has 146 valence electrons. The van der Waals surface area contributed by atoms with Crippen LogP contribution in [0.25, 0.3) is 0 Å². The molecule has 2 aliphatic rings. The predicted molar refractivity (Wildman–Crippen MR) is 95.9 cm³/mol. The van der Waals surface area contributed by atoms with Gasteiger partial charge in [-0.25, -0.2) is 0 Å². The van der Waals surface area contributed by atoms with Gasteiger partial charge in [0.2, 0.25) is 5.91 Å². The second kappa shape index (κ2) is 7.46. The molecule has 0 bridgehead atoms. The van der Waals surface area contributed by atoms with Crippen LogP contribution in [0.5, 0.6) is 11.5 Å². The summed E-state index contributed by atoms with van der Waals surface area (Å²) in [6, 6.07) is 4.93. The zero-order valence-corrected chi connectivity index (χ0v) is 15.5. The number of nitrogens with one attached hydrogen (secondary N) is 1. The summed E-state index contributed by atoms with van der Waals surface area (Å²) in [5, 5.41) is 12.0. The van der Waals surface area contributed by atoms with Gasteiger partial charge < -0.3 is 24.8 Å². The van der Waals surface area contributed by atoms with Gasteiger partial charge in [0.25, 0.3) is 5.91 Å². The summed E-state index contributed by atoms with van der Waals surface area (Å²) in [6.07, 6.45) is 1.98. The number of likely N-dealkylation sites (tertiary alicyclic amines) is 1. The number of amides is 2. The minimum Gasteiger partial charge on any atom is -0.493 e. The second-order valence-electron chi connectivity index (χ2n) is 7.00. The molecule has 0 unspecified atom stereocenters. The summed E-state index contributed by atoms with van der Waals surface area (Å²) in [5.41, 5.74) is -0.718. The average Bonchev–Trinajstić information content (AvgIpc) is 3.49. The van der Waals surface area contributed by atoms with E-state index in [0.29, 0.717) is 55.8 Å². The lowest BCUT2D eigenvalue weighted by atomic mass is 10.0. The van der Waals surface area contributed by atoms with Gasteiger partial charge in [-0.15, -0.1) is 0 Å². The van der Waals surface area contributed by atoms with Crippen molar-refractivity contribution >= 4 is 17.8 Å². The van der Waals surface area contributed by atoms with E-state index < -0.39 is 17.3 Å². The fraction of sp³-hybridized carbons (Fsp3) is 0.526. The number of methoxy groups -OCH3 is 2. The van der Waals surface area contributed by atoms with Crippen LogP contribution in [0.15, 0.2) is 18.2 Å². The Kier molecular flexibility index (Phi) is 5.25. The lowest BCUT2D eigenvalue weighted by Gasteiger charge is -2.33. The summed E-state index contributed by atoms with van der Waals surface area (Å²) in [6.45, 7) is 0.996. The predicted octanol–water partition coefficient (Wildman–Crippen LogP) is 1.29. The van der Waals surface area contributed by atoms with E-state index >= 15 is 0 Å². The van der Waals surface area contributed by atoms with Crippen LogP contribution in [0.4, 0.5) is 0 Å². The first-order valence-electron chi connectivity index (χ1n) is 8.97. The number of carbonyl (C=O) groups is 3. The van der Waals surface area contributed by atoms with Gasteiger partial charge >= 0.3 is 5.97 Å². The summed E-state index contributed by atoms with van der Waals surface area (Å²) in [4.78, 5) is 37.9. The Bertz CT molecular complexity index is 751. The van der Waals surface area contributed by atoms with E-state index in [2.05, 4.69) is 5.32 Å². The van der Waals surface area contributed by atoms with E-state index in [4.69, 9.17) is 9.47 Å². The number of carboxylic acid groups (broad SMARTS) is 1. The fourth-order valence-electron chi connectivity index (χ4n) is 3.37. The Hall–Kier alpha value is -2.77. The van der Waals surface area contributed by atoms with Crippen molar-refractivity contribution in [2.24, 2.45) is 5.41 Å². The van der Waals surface area contributed by atoms with Gasteiger partial charge in [0.05, 0.1) is 14.2 Å². The van der Waals surface area contributed by atoms with Gasteiger partial charge in [-0.3, -0.25) is 14.4 Å². The molecule has 1 saturated carbocycles. The minimum atomic E-state index is -1.23. The summed E-state index contributed by atoms with van der Waals surface area (Å²) in [5.74, 6) is -0.512. The number of piperidine rings is 1. The largest absolute Gasteiger partial charge is 0.493 e. The smallest absolute Gasteiger partial charge is 0.319 e. The molecule has 2 amide bonds. The van der Waals surface area contributed by atoms with Crippen LogP contribution in [0.3, 0.4) is 0 Å². The molecule has 8 heteroatoms. The van der Waals surface area contributed by atoms with Crippen molar-refractivity contribution in [3.8, 4) is 11.5 Å². The molecule has 8 nitrogen and oxygen atoms in total. The van der Waals surface area contributed by atoms with Crippen LogP contribution in [0, 0.1) is 5.41 Å². The van der Waals surface area contributed by atoms with Gasteiger partial charge in [-0.1, -0.05) is 0 Å². The van der Waals surface area contributed by atoms with Crippen molar-refractivity contribution in [2.75, 3.05) is 27.3 Å². The third kappa shape index (κ3) is 3.70. The first kappa shape index (κ1) is 19.0. The van der Waals surface area contributed by atoms with Gasteiger partial charge in [0.1, 0.15) is 5.41 Å². The number of hydrogen-bond donors (Lipinski definition) is 2. The van der Waals surface area contributed by atoms with Gasteiger partial charge in [0, 0.05) is 24.7 Å². The molecule has 1 aliphatic carbocycles. The number of ether oxygens (including phenoxy) is 2. The third-order valence-electron chi connectivity index (χ3n) is 5.34. The molecule has 2 N–H and O–H groups in total. The van der Waals surface area contributed by atoms with Crippen LogP contribution in [0.2, 0.25) is 0 Å². The normalized spacial score (nSPS) is 18.5. The molecule has 3 rings (SSSR count). The van der Waals surface area contributed by atoms with Crippen LogP contribution >= 0.6 is 0 Å². The van der Waals surface area contributed by atoms with Crippen molar-refractivity contribution in [3.63, 3.8) is 0 Å². The molecular formula is C19H24N2O6. The van der Waals surface area contributed by atoms with Crippen LogP contribution < -0.4 is 14.8 Å². The highest BCUT2D eigenvalue weighted by molar-refractivity contribution is 6.05. The zero-order chi connectivity index (χ0) is 19.6. The Morgan fingerprint density at radius 2 is 1.74 bits per heavy atom. The van der Waals surface area contributed by atoms with E-state index in [0.717, 1.165) is 0 Å². The minimum absolute atomic E-state index is 0.107. The molecule has 27 heavy (non-hydrogen) atoms. The Morgan fingerprint density at radius 3 is 2.26 bits per heavy atom. The summed E-state index contributed by atoms with van der Waals surface area (Å²) >= 11 is 0. The molecule has 0 atom stereocenters. The number of rotatable bonds is 6. The van der Waals surface area contributed by atoms with Crippen LogP contribution in [-0.2, 0) is 9.59 Å². The fourth-order valence-corrected chi connectivity index (χ4v) is 3.37. The maximum atomic E-state index is 12.7. The molecule has 2 fully saturated rings. The second-order valence-corrected chi connectivity index (χ2v) is 7.00. The summed E-state index contributed by atoms with van der Waals surface area (Å²) < 4.78 is 10.4. The first-order chi connectivity index (χ1) is 12.9. The van der Waals surface area contributed by atoms with Crippen LogP contribution in [0.1, 0.15) is 36.0 Å². The number of nitrogens with zero attached hydrogens (tertiary/aromatic N) is 1. The SMILES string of the molecule is COc1ccc(C(=O)N2CCC(NC(=O)C3(C(=O)O)CC3)CC2)cc1OC. The van der Waals surface area contributed by atoms with Gasteiger partial charge in [-0.05, 0) is 43.9 Å². The lowest BCUT2D eigenvalue weighted by Crippen LogP contribution is -2.49. The molecule has 1 saturated heterocycles. The van der Waals surface area contributed by atoms with Crippen molar-refractivity contribution in [1.29, 1.82) is 0 Å². The van der Waals surface area contributed by atoms with E-state index in [1.807, 2.05) is 0 Å². The highest BCUT2D eigenvalue weighted by Gasteiger charge is 2.57. The topological polar surface area (TPSA) is 105 Å². The lowest BCUT2D eigenvalue weighted by molar-refractivity contribution is -0.149. The Balaban J connectivity index is 1.57. The summed E-state index contributed by atoms with van der Waals surface area (Å²) in [7, 11) is 3.05. The quantitative estimate of drug-likeness (QED) is 0.725. The number of hydrogen-bond acceptors (Lipinski definition) is 5. The molecule has 1 aromatic rings. The van der Waals surface area contributed by atoms with Crippen molar-refractivity contribution in [3.05, 3.63) is 23.8 Å². The highest BCUT2D eigenvalue weighted by atomic mass is 16.5. The van der Waals surface area contributed by atoms with Crippen molar-refractivity contribution in [2.45, 2.75) is 31.7 Å². The third-order valence-corrected chi connectivity index (χ3v) is 5.34. The Morgan fingerprint density at radius 1 is 1.11 bits per heavy atom. The first-order valence-corrected chi connectivity index (χ1v) is 8.97.